The van der Waals surface area contributed by atoms with Crippen LogP contribution in [0.1, 0.15) is 11.1 Å². The van der Waals surface area contributed by atoms with E-state index in [2.05, 4.69) is 0 Å². The smallest absolute Gasteiger partial charge is 0.236 e. The number of halogens is 3. The standard InChI is InChI=1S/C8H4F3O/c1-4-6(9)2-5(3-12)8(11)7(4)10/h2H,1H3. The van der Waals surface area contributed by atoms with Crippen molar-refractivity contribution in [3.05, 3.63) is 34.6 Å². The number of hydrogen-bond acceptors (Lipinski definition) is 1. The summed E-state index contributed by atoms with van der Waals surface area (Å²) in [6.45, 7) is 1.09. The van der Waals surface area contributed by atoms with E-state index in [4.69, 9.17) is 0 Å². The molecule has 0 unspecified atom stereocenters. The molecule has 0 heterocycles. The third kappa shape index (κ3) is 1.20. The second kappa shape index (κ2) is 2.97. The highest BCUT2D eigenvalue weighted by Gasteiger charge is 2.15. The van der Waals surface area contributed by atoms with Crippen molar-refractivity contribution in [1.29, 1.82) is 0 Å². The molecule has 1 aromatic rings. The predicted octanol–water partition coefficient (Wildman–Crippen LogP) is 1.87. The molecule has 4 heteroatoms. The molecule has 0 aliphatic heterocycles. The number of rotatable bonds is 1. The van der Waals surface area contributed by atoms with E-state index in [0.717, 1.165) is 13.2 Å². The number of carbonyl (C=O) groups excluding carboxylic acids is 1. The minimum Gasteiger partial charge on any atom is -0.285 e. The maximum atomic E-state index is 12.6. The topological polar surface area (TPSA) is 17.1 Å². The summed E-state index contributed by atoms with van der Waals surface area (Å²) in [6.07, 6.45) is 1.10. The van der Waals surface area contributed by atoms with Crippen molar-refractivity contribution in [2.45, 2.75) is 6.92 Å². The Hall–Kier alpha value is -1.32. The second-order valence-corrected chi connectivity index (χ2v) is 2.26. The van der Waals surface area contributed by atoms with Gasteiger partial charge in [-0.25, -0.2) is 13.2 Å². The zero-order valence-corrected chi connectivity index (χ0v) is 6.12. The summed E-state index contributed by atoms with van der Waals surface area (Å²) in [5.74, 6) is -3.65. The van der Waals surface area contributed by atoms with Crippen molar-refractivity contribution in [2.24, 2.45) is 0 Å². The van der Waals surface area contributed by atoms with Gasteiger partial charge in [-0.3, -0.25) is 4.79 Å². The lowest BCUT2D eigenvalue weighted by Crippen LogP contribution is -1.99. The monoisotopic (exact) mass is 173 g/mol. The Bertz CT molecular complexity index is 334. The molecule has 0 saturated carbocycles. The van der Waals surface area contributed by atoms with E-state index in [9.17, 15) is 18.0 Å². The molecule has 0 aromatic heterocycles. The van der Waals surface area contributed by atoms with E-state index in [-0.39, 0.29) is 0 Å². The Kier molecular flexibility index (Phi) is 2.17. The van der Waals surface area contributed by atoms with Crippen LogP contribution < -0.4 is 0 Å². The normalized spacial score (nSPS) is 10.0. The van der Waals surface area contributed by atoms with E-state index in [1.807, 2.05) is 0 Å². The molecule has 0 atom stereocenters. The lowest BCUT2D eigenvalue weighted by atomic mass is 10.1. The summed E-state index contributed by atoms with van der Waals surface area (Å²) in [7, 11) is 0. The predicted molar refractivity (Wildman–Crippen MR) is 35.8 cm³/mol. The molecule has 0 fully saturated rings. The van der Waals surface area contributed by atoms with E-state index in [0.29, 0.717) is 6.07 Å². The molecule has 0 bridgehead atoms. The molecule has 1 radical (unpaired) electrons. The van der Waals surface area contributed by atoms with Gasteiger partial charge >= 0.3 is 0 Å². The zero-order chi connectivity index (χ0) is 9.30. The average molecular weight is 173 g/mol. The average Bonchev–Trinajstić information content (AvgIpc) is 2.08. The zero-order valence-electron chi connectivity index (χ0n) is 6.12. The van der Waals surface area contributed by atoms with Crippen LogP contribution in [0.2, 0.25) is 0 Å². The summed E-state index contributed by atoms with van der Waals surface area (Å²) in [4.78, 5) is 9.94. The maximum absolute atomic E-state index is 12.6. The third-order valence-electron chi connectivity index (χ3n) is 1.50. The molecule has 0 aliphatic carbocycles. The van der Waals surface area contributed by atoms with Crippen molar-refractivity contribution in [1.82, 2.24) is 0 Å². The minimum absolute atomic E-state index is 0.438. The van der Waals surface area contributed by atoms with Crippen LogP contribution in [0.15, 0.2) is 6.07 Å². The van der Waals surface area contributed by atoms with Crippen molar-refractivity contribution in [3.63, 3.8) is 0 Å². The van der Waals surface area contributed by atoms with Crippen LogP contribution >= 0.6 is 0 Å². The SMILES string of the molecule is Cc1c(F)cc([C]=O)c(F)c1F. The Morgan fingerprint density at radius 2 is 1.83 bits per heavy atom. The largest absolute Gasteiger partial charge is 0.285 e. The molecule has 1 nitrogen and oxygen atoms in total. The van der Waals surface area contributed by atoms with Crippen LogP contribution in [0, 0.1) is 24.4 Å². The van der Waals surface area contributed by atoms with Crippen molar-refractivity contribution in [3.8, 4) is 0 Å². The first kappa shape index (κ1) is 8.77. The van der Waals surface area contributed by atoms with Crippen molar-refractivity contribution in [2.75, 3.05) is 0 Å². The molecule has 0 aliphatic rings. The van der Waals surface area contributed by atoms with Gasteiger partial charge in [0.25, 0.3) is 0 Å². The summed E-state index contributed by atoms with van der Waals surface area (Å²) < 4.78 is 37.9. The van der Waals surface area contributed by atoms with Gasteiger partial charge in [-0.1, -0.05) is 0 Å². The molecular weight excluding hydrogens is 169 g/mol. The molecular formula is C8H4F3O. The minimum atomic E-state index is -1.36. The Balaban J connectivity index is 3.49. The first-order valence-corrected chi connectivity index (χ1v) is 3.10. The fourth-order valence-corrected chi connectivity index (χ4v) is 0.760. The van der Waals surface area contributed by atoms with E-state index in [1.165, 1.54) is 0 Å². The summed E-state index contributed by atoms with van der Waals surface area (Å²) >= 11 is 0. The van der Waals surface area contributed by atoms with Crippen LogP contribution in [0.5, 0.6) is 0 Å². The van der Waals surface area contributed by atoms with E-state index < -0.39 is 28.6 Å². The highest BCUT2D eigenvalue weighted by atomic mass is 19.2. The van der Waals surface area contributed by atoms with Gasteiger partial charge in [0, 0.05) is 5.56 Å². The molecule has 63 valence electrons. The highest BCUT2D eigenvalue weighted by molar-refractivity contribution is 5.75. The van der Waals surface area contributed by atoms with Crippen LogP contribution in [-0.2, 0) is 4.79 Å². The number of hydrogen-bond donors (Lipinski definition) is 0. The summed E-state index contributed by atoms with van der Waals surface area (Å²) in [5, 5.41) is 0. The van der Waals surface area contributed by atoms with Crippen LogP contribution in [0.3, 0.4) is 0 Å². The van der Waals surface area contributed by atoms with Crippen molar-refractivity contribution >= 4 is 6.29 Å². The molecule has 0 spiro atoms. The van der Waals surface area contributed by atoms with E-state index >= 15 is 0 Å². The molecule has 12 heavy (non-hydrogen) atoms. The first-order valence-electron chi connectivity index (χ1n) is 3.10. The molecule has 1 rings (SSSR count). The van der Waals surface area contributed by atoms with Gasteiger partial charge < -0.3 is 0 Å². The van der Waals surface area contributed by atoms with Gasteiger partial charge in [0.05, 0.1) is 5.56 Å². The first-order chi connectivity index (χ1) is 5.57. The maximum Gasteiger partial charge on any atom is 0.236 e. The van der Waals surface area contributed by atoms with E-state index in [1.54, 1.807) is 0 Å². The van der Waals surface area contributed by atoms with Gasteiger partial charge in [0.15, 0.2) is 11.6 Å². The number of benzene rings is 1. The second-order valence-electron chi connectivity index (χ2n) is 2.26. The molecule has 0 amide bonds. The van der Waals surface area contributed by atoms with Crippen molar-refractivity contribution < 1.29 is 18.0 Å². The lowest BCUT2D eigenvalue weighted by molar-refractivity contribution is 0.481. The van der Waals surface area contributed by atoms with Crippen LogP contribution in [0.4, 0.5) is 13.2 Å². The highest BCUT2D eigenvalue weighted by Crippen LogP contribution is 2.17. The fraction of sp³-hybridized carbons (Fsp3) is 0.125. The van der Waals surface area contributed by atoms with Gasteiger partial charge in [-0.2, -0.15) is 0 Å². The van der Waals surface area contributed by atoms with Gasteiger partial charge in [0.2, 0.25) is 6.29 Å². The summed E-state index contributed by atoms with van der Waals surface area (Å²) in [5.41, 5.74) is -1.16. The molecule has 1 aromatic carbocycles. The van der Waals surface area contributed by atoms with Gasteiger partial charge in [-0.05, 0) is 13.0 Å². The van der Waals surface area contributed by atoms with Crippen LogP contribution in [-0.4, -0.2) is 6.29 Å². The molecule has 0 N–H and O–H groups in total. The molecule has 0 saturated heterocycles. The Labute approximate surface area is 66.8 Å². The lowest BCUT2D eigenvalue weighted by Gasteiger charge is -2.00. The Morgan fingerprint density at radius 1 is 1.25 bits per heavy atom. The van der Waals surface area contributed by atoms with Crippen LogP contribution in [0.25, 0.3) is 0 Å². The van der Waals surface area contributed by atoms with Gasteiger partial charge in [-0.15, -0.1) is 0 Å². The fourth-order valence-electron chi connectivity index (χ4n) is 0.760. The van der Waals surface area contributed by atoms with Gasteiger partial charge in [0.1, 0.15) is 5.82 Å². The third-order valence-corrected chi connectivity index (χ3v) is 1.50. The Morgan fingerprint density at radius 3 is 2.33 bits per heavy atom. The quantitative estimate of drug-likeness (QED) is 0.592. The summed E-state index contributed by atoms with van der Waals surface area (Å²) in [6, 6.07) is 0.612.